The first-order valence-electron chi connectivity index (χ1n) is 3.28. The third kappa shape index (κ3) is 8.44. The van der Waals surface area contributed by atoms with Crippen LogP contribution in [0.25, 0.3) is 0 Å². The molecule has 9 heavy (non-hydrogen) atoms. The number of hydrogen-bond acceptors (Lipinski definition) is 2. The van der Waals surface area contributed by atoms with Gasteiger partial charge in [-0.3, -0.25) is 0 Å². The molecule has 0 aromatic rings. The molecule has 0 aliphatic carbocycles. The lowest BCUT2D eigenvalue weighted by molar-refractivity contribution is 0.824. The van der Waals surface area contributed by atoms with E-state index in [1.54, 1.807) is 0 Å². The van der Waals surface area contributed by atoms with Gasteiger partial charge in [-0.2, -0.15) is 25.3 Å². The monoisotopic (exact) mass is 162 g/mol. The van der Waals surface area contributed by atoms with Crippen molar-refractivity contribution in [3.8, 4) is 0 Å². The molecule has 2 heteroatoms. The largest absolute Gasteiger partial charge is 0.179 e. The predicted octanol–water partition coefficient (Wildman–Crippen LogP) is 2.57. The van der Waals surface area contributed by atoms with Crippen molar-refractivity contribution in [2.24, 2.45) is 0 Å². The van der Waals surface area contributed by atoms with Crippen LogP contribution < -0.4 is 0 Å². The first-order valence-corrected chi connectivity index (χ1v) is 4.55. The summed E-state index contributed by atoms with van der Waals surface area (Å²) in [6.45, 7) is 0. The normalized spacial score (nSPS) is 10.9. The van der Waals surface area contributed by atoms with Crippen LogP contribution in [0.5, 0.6) is 0 Å². The van der Waals surface area contributed by atoms with Crippen LogP contribution in [0.3, 0.4) is 0 Å². The molecule has 0 radical (unpaired) electrons. The van der Waals surface area contributed by atoms with Crippen molar-refractivity contribution in [3.05, 3.63) is 12.2 Å². The molecule has 0 aliphatic heterocycles. The predicted molar refractivity (Wildman–Crippen MR) is 50.7 cm³/mol. The highest BCUT2D eigenvalue weighted by atomic mass is 32.1. The second-order valence-electron chi connectivity index (χ2n) is 1.87. The van der Waals surface area contributed by atoms with E-state index in [0.717, 1.165) is 11.5 Å². The smallest absolute Gasteiger partial charge is 0.00825 e. The Morgan fingerprint density at radius 1 is 1.00 bits per heavy atom. The third-order valence-electron chi connectivity index (χ3n) is 1.05. The number of rotatable bonds is 5. The SMILES string of the molecule is SC/C=C\CCCCS. The molecule has 0 saturated carbocycles. The molecule has 0 atom stereocenters. The molecular weight excluding hydrogens is 148 g/mol. The Hall–Kier alpha value is 0.440. The van der Waals surface area contributed by atoms with Crippen LogP contribution >= 0.6 is 25.3 Å². The van der Waals surface area contributed by atoms with Gasteiger partial charge in [-0.15, -0.1) is 0 Å². The van der Waals surface area contributed by atoms with Gasteiger partial charge in [0.25, 0.3) is 0 Å². The highest BCUT2D eigenvalue weighted by molar-refractivity contribution is 7.80. The van der Waals surface area contributed by atoms with E-state index in [4.69, 9.17) is 0 Å². The molecule has 0 bridgehead atoms. The molecule has 0 aromatic heterocycles. The summed E-state index contributed by atoms with van der Waals surface area (Å²) >= 11 is 8.15. The van der Waals surface area contributed by atoms with Gasteiger partial charge < -0.3 is 0 Å². The summed E-state index contributed by atoms with van der Waals surface area (Å²) in [5.41, 5.74) is 0. The second-order valence-corrected chi connectivity index (χ2v) is 2.69. The highest BCUT2D eigenvalue weighted by Crippen LogP contribution is 1.97. The maximum absolute atomic E-state index is 4.11. The zero-order chi connectivity index (χ0) is 6.95. The van der Waals surface area contributed by atoms with Crippen molar-refractivity contribution >= 4 is 25.3 Å². The summed E-state index contributed by atoms with van der Waals surface area (Å²) in [4.78, 5) is 0. The number of unbranched alkanes of at least 4 members (excludes halogenated alkanes) is 2. The summed E-state index contributed by atoms with van der Waals surface area (Å²) < 4.78 is 0. The Bertz CT molecular complexity index is 69.3. The van der Waals surface area contributed by atoms with Gasteiger partial charge in [-0.25, -0.2) is 0 Å². The van der Waals surface area contributed by atoms with Gasteiger partial charge in [-0.05, 0) is 25.0 Å². The van der Waals surface area contributed by atoms with E-state index in [0.29, 0.717) is 0 Å². The minimum Gasteiger partial charge on any atom is -0.179 e. The van der Waals surface area contributed by atoms with Crippen LogP contribution in [0.2, 0.25) is 0 Å². The number of hydrogen-bond donors (Lipinski definition) is 2. The lowest BCUT2D eigenvalue weighted by atomic mass is 10.2. The van der Waals surface area contributed by atoms with Crippen molar-refractivity contribution in [2.75, 3.05) is 11.5 Å². The van der Waals surface area contributed by atoms with Gasteiger partial charge in [0.2, 0.25) is 0 Å². The molecule has 0 fully saturated rings. The fourth-order valence-electron chi connectivity index (χ4n) is 0.566. The van der Waals surface area contributed by atoms with Crippen molar-refractivity contribution in [1.29, 1.82) is 0 Å². The highest BCUT2D eigenvalue weighted by Gasteiger charge is 1.79. The van der Waals surface area contributed by atoms with Crippen molar-refractivity contribution in [2.45, 2.75) is 19.3 Å². The Labute approximate surface area is 68.5 Å². The summed E-state index contributed by atoms with van der Waals surface area (Å²) in [5, 5.41) is 0. The second kappa shape index (κ2) is 8.44. The molecule has 0 aliphatic rings. The van der Waals surface area contributed by atoms with Crippen molar-refractivity contribution in [3.63, 3.8) is 0 Å². The van der Waals surface area contributed by atoms with Gasteiger partial charge in [0.15, 0.2) is 0 Å². The average Bonchev–Trinajstić information content (AvgIpc) is 1.89. The van der Waals surface area contributed by atoms with Gasteiger partial charge in [-0.1, -0.05) is 12.2 Å². The first kappa shape index (κ1) is 9.44. The molecule has 0 amide bonds. The van der Waals surface area contributed by atoms with E-state index in [9.17, 15) is 0 Å². The molecule has 0 N–H and O–H groups in total. The van der Waals surface area contributed by atoms with Gasteiger partial charge >= 0.3 is 0 Å². The topological polar surface area (TPSA) is 0 Å². The van der Waals surface area contributed by atoms with Crippen molar-refractivity contribution in [1.82, 2.24) is 0 Å². The summed E-state index contributed by atoms with van der Waals surface area (Å²) in [7, 11) is 0. The van der Waals surface area contributed by atoms with E-state index in [-0.39, 0.29) is 0 Å². The van der Waals surface area contributed by atoms with Crippen LogP contribution in [0.4, 0.5) is 0 Å². The van der Waals surface area contributed by atoms with Crippen LogP contribution in [0.15, 0.2) is 12.2 Å². The molecule has 0 aromatic carbocycles. The quantitative estimate of drug-likeness (QED) is 0.346. The maximum Gasteiger partial charge on any atom is 0.00825 e. The molecule has 0 spiro atoms. The van der Waals surface area contributed by atoms with E-state index in [2.05, 4.69) is 37.4 Å². The Balaban J connectivity index is 2.82. The van der Waals surface area contributed by atoms with E-state index >= 15 is 0 Å². The van der Waals surface area contributed by atoms with Gasteiger partial charge in [0.1, 0.15) is 0 Å². The summed E-state index contributed by atoms with van der Waals surface area (Å²) in [6, 6.07) is 0. The molecule has 0 unspecified atom stereocenters. The van der Waals surface area contributed by atoms with Crippen LogP contribution in [-0.2, 0) is 0 Å². The zero-order valence-corrected chi connectivity index (χ0v) is 7.37. The fourth-order valence-corrected chi connectivity index (χ4v) is 0.939. The third-order valence-corrected chi connectivity index (χ3v) is 1.58. The van der Waals surface area contributed by atoms with E-state index < -0.39 is 0 Å². The molecule has 54 valence electrons. The Morgan fingerprint density at radius 3 is 2.33 bits per heavy atom. The van der Waals surface area contributed by atoms with Crippen molar-refractivity contribution < 1.29 is 0 Å². The summed E-state index contributed by atoms with van der Waals surface area (Å²) in [5.74, 6) is 1.87. The fraction of sp³-hybridized carbons (Fsp3) is 0.714. The number of allylic oxidation sites excluding steroid dienone is 1. The standard InChI is InChI=1S/C7H14S2/c8-6-4-2-1-3-5-7-9/h2,4,8-9H,1,3,5-7H2/b4-2-. The van der Waals surface area contributed by atoms with Gasteiger partial charge in [0.05, 0.1) is 0 Å². The molecular formula is C7H14S2. The van der Waals surface area contributed by atoms with Gasteiger partial charge in [0, 0.05) is 5.75 Å². The first-order chi connectivity index (χ1) is 4.41. The van der Waals surface area contributed by atoms with Crippen LogP contribution in [0.1, 0.15) is 19.3 Å². The van der Waals surface area contributed by atoms with Crippen LogP contribution in [0, 0.1) is 0 Å². The molecule has 0 nitrogen and oxygen atoms in total. The summed E-state index contributed by atoms with van der Waals surface area (Å²) in [6.07, 6.45) is 7.92. The van der Waals surface area contributed by atoms with Crippen LogP contribution in [-0.4, -0.2) is 11.5 Å². The average molecular weight is 162 g/mol. The lowest BCUT2D eigenvalue weighted by Crippen LogP contribution is -1.74. The molecule has 0 saturated heterocycles. The Kier molecular flexibility index (Phi) is 8.85. The minimum atomic E-state index is 0.862. The molecule has 0 heterocycles. The lowest BCUT2D eigenvalue weighted by Gasteiger charge is -1.89. The van der Waals surface area contributed by atoms with E-state index in [1.165, 1.54) is 19.3 Å². The number of thiol groups is 2. The molecule has 0 rings (SSSR count). The Morgan fingerprint density at radius 2 is 1.78 bits per heavy atom. The zero-order valence-electron chi connectivity index (χ0n) is 5.58. The minimum absolute atomic E-state index is 0.862. The van der Waals surface area contributed by atoms with E-state index in [1.807, 2.05) is 0 Å². The maximum atomic E-state index is 4.11.